The molecule has 0 aliphatic carbocycles. The summed E-state index contributed by atoms with van der Waals surface area (Å²) in [6, 6.07) is 16.8. The number of carbonyl (C=O) groups is 2. The smallest absolute Gasteiger partial charge is 0.251 e. The average Bonchev–Trinajstić information content (AvgIpc) is 2.68. The van der Waals surface area contributed by atoms with Crippen molar-refractivity contribution in [1.82, 2.24) is 5.32 Å². The molecule has 1 atom stereocenters. The minimum Gasteiger partial charge on any atom is -0.346 e. The van der Waals surface area contributed by atoms with Crippen LogP contribution in [-0.4, -0.2) is 11.8 Å². The van der Waals surface area contributed by atoms with Crippen LogP contribution < -0.4 is 10.6 Å². The number of hydrogen-bond donors (Lipinski definition) is 2. The van der Waals surface area contributed by atoms with Gasteiger partial charge in [0.2, 0.25) is 5.91 Å². The topological polar surface area (TPSA) is 58.2 Å². The molecule has 27 heavy (non-hydrogen) atoms. The van der Waals surface area contributed by atoms with Crippen LogP contribution in [0.4, 0.5) is 5.69 Å². The van der Waals surface area contributed by atoms with Gasteiger partial charge in [-0.2, -0.15) is 0 Å². The number of anilines is 1. The van der Waals surface area contributed by atoms with Gasteiger partial charge in [-0.3, -0.25) is 9.59 Å². The van der Waals surface area contributed by atoms with E-state index in [1.807, 2.05) is 43.3 Å². The molecule has 0 fully saturated rings. The van der Waals surface area contributed by atoms with Crippen LogP contribution in [0.2, 0.25) is 0 Å². The molecule has 2 aromatic rings. The van der Waals surface area contributed by atoms with E-state index in [0.29, 0.717) is 17.7 Å². The Morgan fingerprint density at radius 2 is 1.67 bits per heavy atom. The van der Waals surface area contributed by atoms with E-state index in [1.54, 1.807) is 18.2 Å². The van der Waals surface area contributed by atoms with E-state index in [2.05, 4.69) is 17.6 Å². The summed E-state index contributed by atoms with van der Waals surface area (Å²) in [6.45, 7) is 4.13. The number of carbonyl (C=O) groups excluding carboxylic acids is 2. The zero-order valence-corrected chi connectivity index (χ0v) is 16.3. The first kappa shape index (κ1) is 20.7. The molecule has 144 valence electrons. The third kappa shape index (κ3) is 7.26. The van der Waals surface area contributed by atoms with Gasteiger partial charge < -0.3 is 10.6 Å². The normalized spacial score (nSPS) is 11.6. The summed E-state index contributed by atoms with van der Waals surface area (Å²) >= 11 is 0. The number of unbranched alkanes of at least 4 members (excludes halogenated alkanes) is 4. The average molecular weight is 367 g/mol. The summed E-state index contributed by atoms with van der Waals surface area (Å²) in [5, 5.41) is 5.89. The largest absolute Gasteiger partial charge is 0.346 e. The molecule has 2 N–H and O–H groups in total. The molecule has 0 saturated carbocycles. The van der Waals surface area contributed by atoms with Gasteiger partial charge in [0.1, 0.15) is 0 Å². The maximum absolute atomic E-state index is 12.5. The highest BCUT2D eigenvalue weighted by atomic mass is 16.2. The van der Waals surface area contributed by atoms with Crippen molar-refractivity contribution in [3.63, 3.8) is 0 Å². The van der Waals surface area contributed by atoms with Crippen LogP contribution in [0.5, 0.6) is 0 Å². The van der Waals surface area contributed by atoms with E-state index in [4.69, 9.17) is 0 Å². The van der Waals surface area contributed by atoms with E-state index in [1.165, 1.54) is 19.3 Å². The highest BCUT2D eigenvalue weighted by Crippen LogP contribution is 2.15. The highest BCUT2D eigenvalue weighted by molar-refractivity contribution is 5.97. The lowest BCUT2D eigenvalue weighted by atomic mass is 10.1. The summed E-state index contributed by atoms with van der Waals surface area (Å²) in [4.78, 5) is 24.6. The summed E-state index contributed by atoms with van der Waals surface area (Å²) in [6.07, 6.45) is 6.11. The molecular formula is C23H30N2O2. The number of benzene rings is 2. The Hall–Kier alpha value is -2.62. The third-order valence-corrected chi connectivity index (χ3v) is 4.56. The van der Waals surface area contributed by atoms with E-state index in [0.717, 1.165) is 18.4 Å². The van der Waals surface area contributed by atoms with Gasteiger partial charge in [0, 0.05) is 17.7 Å². The molecule has 2 aromatic carbocycles. The Balaban J connectivity index is 1.86. The van der Waals surface area contributed by atoms with Gasteiger partial charge in [0.25, 0.3) is 5.91 Å². The maximum atomic E-state index is 12.5. The van der Waals surface area contributed by atoms with Crippen molar-refractivity contribution in [1.29, 1.82) is 0 Å². The van der Waals surface area contributed by atoms with E-state index in [9.17, 15) is 9.59 Å². The lowest BCUT2D eigenvalue weighted by Gasteiger charge is -2.15. The fraction of sp³-hybridized carbons (Fsp3) is 0.391. The second kappa shape index (κ2) is 11.2. The molecule has 0 spiro atoms. The van der Waals surface area contributed by atoms with Crippen molar-refractivity contribution in [3.8, 4) is 0 Å². The number of nitrogens with one attached hydrogen (secondary N) is 2. The van der Waals surface area contributed by atoms with Gasteiger partial charge in [-0.1, -0.05) is 69.0 Å². The van der Waals surface area contributed by atoms with Crippen LogP contribution in [0.3, 0.4) is 0 Å². The predicted molar refractivity (Wildman–Crippen MR) is 111 cm³/mol. The Bertz CT molecular complexity index is 728. The van der Waals surface area contributed by atoms with Crippen molar-refractivity contribution in [2.45, 2.75) is 58.4 Å². The zero-order valence-electron chi connectivity index (χ0n) is 16.3. The molecule has 0 heterocycles. The van der Waals surface area contributed by atoms with Crippen molar-refractivity contribution >= 4 is 17.5 Å². The molecule has 0 radical (unpaired) electrons. The lowest BCUT2D eigenvalue weighted by Crippen LogP contribution is -2.26. The molecule has 2 amide bonds. The van der Waals surface area contributed by atoms with E-state index < -0.39 is 0 Å². The first-order chi connectivity index (χ1) is 13.1. The molecule has 2 rings (SSSR count). The lowest BCUT2D eigenvalue weighted by molar-refractivity contribution is -0.116. The molecule has 0 aromatic heterocycles. The summed E-state index contributed by atoms with van der Waals surface area (Å²) in [5.41, 5.74) is 2.26. The first-order valence-corrected chi connectivity index (χ1v) is 9.86. The molecule has 0 aliphatic rings. The van der Waals surface area contributed by atoms with Crippen LogP contribution >= 0.6 is 0 Å². The number of hydrogen-bond acceptors (Lipinski definition) is 2. The molecule has 4 heteroatoms. The fourth-order valence-corrected chi connectivity index (χ4v) is 2.96. The van der Waals surface area contributed by atoms with E-state index >= 15 is 0 Å². The number of amides is 2. The summed E-state index contributed by atoms with van der Waals surface area (Å²) in [5.74, 6) is -0.149. The van der Waals surface area contributed by atoms with Crippen LogP contribution in [0.25, 0.3) is 0 Å². The monoisotopic (exact) mass is 366 g/mol. The van der Waals surface area contributed by atoms with Gasteiger partial charge in [0.15, 0.2) is 0 Å². The Labute approximate surface area is 162 Å². The fourth-order valence-electron chi connectivity index (χ4n) is 2.96. The van der Waals surface area contributed by atoms with Crippen molar-refractivity contribution in [3.05, 3.63) is 65.7 Å². The molecular weight excluding hydrogens is 336 g/mol. The van der Waals surface area contributed by atoms with Gasteiger partial charge in [-0.15, -0.1) is 0 Å². The van der Waals surface area contributed by atoms with Gasteiger partial charge >= 0.3 is 0 Å². The van der Waals surface area contributed by atoms with Crippen molar-refractivity contribution in [2.75, 3.05) is 5.32 Å². The van der Waals surface area contributed by atoms with Crippen molar-refractivity contribution in [2.24, 2.45) is 0 Å². The highest BCUT2D eigenvalue weighted by Gasteiger charge is 2.12. The SMILES string of the molecule is CCCCCCCC(=O)Nc1cccc(C(=O)NC(C)c2ccccc2)c1. The van der Waals surface area contributed by atoms with Crippen LogP contribution in [-0.2, 0) is 4.79 Å². The van der Waals surface area contributed by atoms with Crippen LogP contribution in [0, 0.1) is 0 Å². The van der Waals surface area contributed by atoms with E-state index in [-0.39, 0.29) is 17.9 Å². The Morgan fingerprint density at radius 3 is 2.41 bits per heavy atom. The minimum absolute atomic E-state index is 0.00158. The third-order valence-electron chi connectivity index (χ3n) is 4.56. The quantitative estimate of drug-likeness (QED) is 0.547. The van der Waals surface area contributed by atoms with Gasteiger partial charge in [-0.05, 0) is 37.1 Å². The second-order valence-electron chi connectivity index (χ2n) is 6.90. The summed E-state index contributed by atoms with van der Waals surface area (Å²) in [7, 11) is 0. The molecule has 1 unspecified atom stereocenters. The van der Waals surface area contributed by atoms with Crippen LogP contribution in [0.1, 0.15) is 74.3 Å². The Morgan fingerprint density at radius 1 is 0.926 bits per heavy atom. The summed E-state index contributed by atoms with van der Waals surface area (Å²) < 4.78 is 0. The second-order valence-corrected chi connectivity index (χ2v) is 6.90. The molecule has 0 aliphatic heterocycles. The molecule has 0 bridgehead atoms. The first-order valence-electron chi connectivity index (χ1n) is 9.86. The van der Waals surface area contributed by atoms with Crippen LogP contribution in [0.15, 0.2) is 54.6 Å². The van der Waals surface area contributed by atoms with Crippen molar-refractivity contribution < 1.29 is 9.59 Å². The Kier molecular flexibility index (Phi) is 8.56. The predicted octanol–water partition coefficient (Wildman–Crippen LogP) is 5.48. The molecule has 4 nitrogen and oxygen atoms in total. The van der Waals surface area contributed by atoms with Gasteiger partial charge in [0.05, 0.1) is 6.04 Å². The maximum Gasteiger partial charge on any atom is 0.251 e. The molecule has 0 saturated heterocycles. The zero-order chi connectivity index (χ0) is 19.5. The number of rotatable bonds is 10. The van der Waals surface area contributed by atoms with Gasteiger partial charge in [-0.25, -0.2) is 0 Å². The minimum atomic E-state index is -0.151. The standard InChI is InChI=1S/C23H30N2O2/c1-3-4-5-6-10-16-22(26)25-21-15-11-14-20(17-21)23(27)24-18(2)19-12-8-7-9-13-19/h7-9,11-15,17-18H,3-6,10,16H2,1-2H3,(H,24,27)(H,25,26).